The zero-order chi connectivity index (χ0) is 22.5. The van der Waals surface area contributed by atoms with E-state index in [9.17, 15) is 8.78 Å². The minimum atomic E-state index is -0.876. The van der Waals surface area contributed by atoms with Gasteiger partial charge in [0.2, 0.25) is 5.95 Å². The first kappa shape index (κ1) is 19.8. The standard InChI is InChI=1S/C24H20F2N6O/c1-33-22-18-5-6-27-19(18)10-28-21(22)15-8-20-23(29-9-15)30-24(31-12-17(26)13-31)32(20)11-14-3-2-4-16(25)7-14/h2-10,17,21H,11-13H2,1H3. The molecule has 2 aromatic heterocycles. The monoisotopic (exact) mass is 446 g/mol. The minimum absolute atomic E-state index is 0.278. The van der Waals surface area contributed by atoms with Gasteiger partial charge in [-0.3, -0.25) is 9.98 Å². The van der Waals surface area contributed by atoms with E-state index in [-0.39, 0.29) is 24.9 Å². The number of imidazole rings is 1. The number of anilines is 1. The van der Waals surface area contributed by atoms with Gasteiger partial charge in [-0.15, -0.1) is 0 Å². The molecule has 6 rings (SSSR count). The average Bonchev–Trinajstić information content (AvgIpc) is 3.41. The molecule has 0 amide bonds. The number of alkyl halides is 1. The van der Waals surface area contributed by atoms with E-state index in [1.54, 1.807) is 31.8 Å². The molecule has 0 bridgehead atoms. The fraction of sp³-hybridized carbons (Fsp3) is 0.250. The van der Waals surface area contributed by atoms with Crippen LogP contribution >= 0.6 is 0 Å². The molecule has 0 spiro atoms. The molecule has 1 fully saturated rings. The maximum atomic E-state index is 13.8. The van der Waals surface area contributed by atoms with Crippen molar-refractivity contribution in [3.63, 3.8) is 0 Å². The van der Waals surface area contributed by atoms with Crippen LogP contribution in [0.5, 0.6) is 0 Å². The molecular weight excluding hydrogens is 426 g/mol. The van der Waals surface area contributed by atoms with Crippen molar-refractivity contribution in [3.8, 4) is 0 Å². The largest absolute Gasteiger partial charge is 0.498 e. The van der Waals surface area contributed by atoms with Crippen molar-refractivity contribution in [1.29, 1.82) is 0 Å². The van der Waals surface area contributed by atoms with Crippen LogP contribution in [0.15, 0.2) is 70.1 Å². The molecule has 166 valence electrons. The Kier molecular flexibility index (Phi) is 4.56. The van der Waals surface area contributed by atoms with Crippen molar-refractivity contribution in [2.45, 2.75) is 18.8 Å². The number of methoxy groups -OCH3 is 1. The van der Waals surface area contributed by atoms with Gasteiger partial charge in [0.1, 0.15) is 23.8 Å². The number of aromatic nitrogens is 3. The summed E-state index contributed by atoms with van der Waals surface area (Å²) in [6.45, 7) is 0.940. The number of nitrogens with zero attached hydrogens (tertiary/aromatic N) is 6. The highest BCUT2D eigenvalue weighted by Crippen LogP contribution is 2.35. The van der Waals surface area contributed by atoms with Crippen molar-refractivity contribution < 1.29 is 13.5 Å². The van der Waals surface area contributed by atoms with Crippen LogP contribution in [-0.2, 0) is 11.3 Å². The first-order chi connectivity index (χ1) is 16.1. The summed E-state index contributed by atoms with van der Waals surface area (Å²) < 4.78 is 35.1. The Bertz CT molecular complexity index is 1380. The SMILES string of the molecule is COC1=C2C=CN=C2C=NC1c1cnc2nc(N3CC(F)C3)n(Cc3cccc(F)c3)c2c1. The highest BCUT2D eigenvalue weighted by Gasteiger charge is 2.32. The summed E-state index contributed by atoms with van der Waals surface area (Å²) in [4.78, 5) is 20.1. The van der Waals surface area contributed by atoms with E-state index in [4.69, 9.17) is 4.74 Å². The van der Waals surface area contributed by atoms with Gasteiger partial charge >= 0.3 is 0 Å². The summed E-state index contributed by atoms with van der Waals surface area (Å²) in [5, 5.41) is 0. The summed E-state index contributed by atoms with van der Waals surface area (Å²) in [5.74, 6) is 1.02. The molecule has 9 heteroatoms. The van der Waals surface area contributed by atoms with E-state index in [0.717, 1.165) is 27.9 Å². The molecule has 3 aliphatic heterocycles. The van der Waals surface area contributed by atoms with Crippen LogP contribution in [0.2, 0.25) is 0 Å². The number of halogens is 2. The molecule has 1 aromatic carbocycles. The highest BCUT2D eigenvalue weighted by atomic mass is 19.1. The normalized spacial score (nSPS) is 19.8. The number of benzene rings is 1. The van der Waals surface area contributed by atoms with Gasteiger partial charge in [0, 0.05) is 29.7 Å². The van der Waals surface area contributed by atoms with E-state index in [1.807, 2.05) is 27.7 Å². The first-order valence-electron chi connectivity index (χ1n) is 10.7. The molecule has 1 atom stereocenters. The number of ether oxygens (including phenoxy) is 1. The van der Waals surface area contributed by atoms with E-state index < -0.39 is 6.17 Å². The van der Waals surface area contributed by atoms with Crippen LogP contribution in [0.3, 0.4) is 0 Å². The van der Waals surface area contributed by atoms with Gasteiger partial charge in [-0.1, -0.05) is 12.1 Å². The number of hydrogen-bond acceptors (Lipinski definition) is 6. The van der Waals surface area contributed by atoms with Gasteiger partial charge in [-0.25, -0.2) is 13.8 Å². The van der Waals surface area contributed by atoms with Gasteiger partial charge < -0.3 is 14.2 Å². The van der Waals surface area contributed by atoms with Crippen molar-refractivity contribution in [2.75, 3.05) is 25.1 Å². The van der Waals surface area contributed by atoms with Gasteiger partial charge in [0.05, 0.1) is 38.0 Å². The van der Waals surface area contributed by atoms with Crippen LogP contribution in [0.1, 0.15) is 17.2 Å². The zero-order valence-corrected chi connectivity index (χ0v) is 17.8. The Morgan fingerprint density at radius 2 is 2.09 bits per heavy atom. The smallest absolute Gasteiger partial charge is 0.208 e. The van der Waals surface area contributed by atoms with Crippen molar-refractivity contribution in [2.24, 2.45) is 9.98 Å². The average molecular weight is 446 g/mol. The molecule has 7 nitrogen and oxygen atoms in total. The minimum Gasteiger partial charge on any atom is -0.498 e. The lowest BCUT2D eigenvalue weighted by Gasteiger charge is -2.35. The van der Waals surface area contributed by atoms with Gasteiger partial charge in [0.15, 0.2) is 5.65 Å². The summed E-state index contributed by atoms with van der Waals surface area (Å²) in [7, 11) is 1.62. The molecule has 0 aliphatic carbocycles. The molecule has 3 aromatic rings. The maximum Gasteiger partial charge on any atom is 0.208 e. The lowest BCUT2D eigenvalue weighted by molar-refractivity contribution is 0.264. The number of fused-ring (bicyclic) bond motifs is 2. The maximum absolute atomic E-state index is 13.8. The summed E-state index contributed by atoms with van der Waals surface area (Å²) >= 11 is 0. The van der Waals surface area contributed by atoms with Crippen molar-refractivity contribution >= 4 is 29.0 Å². The molecule has 33 heavy (non-hydrogen) atoms. The van der Waals surface area contributed by atoms with Gasteiger partial charge in [-0.2, -0.15) is 4.98 Å². The number of allylic oxidation sites excluding steroid dienone is 2. The second kappa shape index (κ2) is 7.61. The van der Waals surface area contributed by atoms with Crippen molar-refractivity contribution in [3.05, 3.63) is 77.1 Å². The first-order valence-corrected chi connectivity index (χ1v) is 10.7. The van der Waals surface area contributed by atoms with Gasteiger partial charge in [-0.05, 0) is 29.8 Å². The van der Waals surface area contributed by atoms with Crippen LogP contribution in [0, 0.1) is 5.82 Å². The number of hydrogen-bond donors (Lipinski definition) is 0. The van der Waals surface area contributed by atoms with Crippen molar-refractivity contribution in [1.82, 2.24) is 14.5 Å². The predicted molar refractivity (Wildman–Crippen MR) is 122 cm³/mol. The summed E-state index contributed by atoms with van der Waals surface area (Å²) in [5.41, 5.74) is 4.61. The second-order valence-corrected chi connectivity index (χ2v) is 8.23. The summed E-state index contributed by atoms with van der Waals surface area (Å²) in [6.07, 6.45) is 6.23. The Hall–Kier alpha value is -3.88. The Morgan fingerprint density at radius 3 is 2.88 bits per heavy atom. The van der Waals surface area contributed by atoms with E-state index in [1.165, 1.54) is 12.1 Å². The Balaban J connectivity index is 1.46. The molecule has 1 unspecified atom stereocenters. The highest BCUT2D eigenvalue weighted by molar-refractivity contribution is 6.40. The van der Waals surface area contributed by atoms with E-state index >= 15 is 0 Å². The molecule has 0 radical (unpaired) electrons. The number of rotatable bonds is 5. The topological polar surface area (TPSA) is 67.9 Å². The number of dihydropyridines is 1. The lowest BCUT2D eigenvalue weighted by atomic mass is 9.98. The zero-order valence-electron chi connectivity index (χ0n) is 17.8. The molecule has 0 N–H and O–H groups in total. The molecule has 5 heterocycles. The molecule has 0 saturated carbocycles. The molecular formula is C24H20F2N6O. The van der Waals surface area contributed by atoms with Crippen LogP contribution < -0.4 is 4.90 Å². The second-order valence-electron chi connectivity index (χ2n) is 8.23. The predicted octanol–water partition coefficient (Wildman–Crippen LogP) is 3.77. The quantitative estimate of drug-likeness (QED) is 0.598. The third-order valence-corrected chi connectivity index (χ3v) is 6.08. The van der Waals surface area contributed by atoms with E-state index in [0.29, 0.717) is 23.9 Å². The number of aliphatic imine (C=N–C) groups is 2. The summed E-state index contributed by atoms with van der Waals surface area (Å²) in [6, 6.07) is 8.05. The Morgan fingerprint density at radius 1 is 1.21 bits per heavy atom. The lowest BCUT2D eigenvalue weighted by Crippen LogP contribution is -2.49. The fourth-order valence-electron chi connectivity index (χ4n) is 4.44. The molecule has 3 aliphatic rings. The van der Waals surface area contributed by atoms with Gasteiger partial charge in [0.25, 0.3) is 0 Å². The third kappa shape index (κ3) is 3.31. The van der Waals surface area contributed by atoms with Crippen LogP contribution in [0.4, 0.5) is 14.7 Å². The molecule has 1 saturated heterocycles. The fourth-order valence-corrected chi connectivity index (χ4v) is 4.44. The van der Waals surface area contributed by atoms with Crippen LogP contribution in [0.25, 0.3) is 11.2 Å². The number of pyridine rings is 1. The van der Waals surface area contributed by atoms with Crippen LogP contribution in [-0.4, -0.2) is 52.8 Å². The van der Waals surface area contributed by atoms with E-state index in [2.05, 4.69) is 20.0 Å². The third-order valence-electron chi connectivity index (χ3n) is 6.08. The Labute approximate surface area is 188 Å².